The fourth-order valence-electron chi connectivity index (χ4n) is 3.27. The summed E-state index contributed by atoms with van der Waals surface area (Å²) in [6, 6.07) is 10.1. The summed E-state index contributed by atoms with van der Waals surface area (Å²) in [6.07, 6.45) is 3.19. The summed E-state index contributed by atoms with van der Waals surface area (Å²) in [4.78, 5) is 27.0. The van der Waals surface area contributed by atoms with Crippen molar-refractivity contribution in [2.24, 2.45) is 11.3 Å². The van der Waals surface area contributed by atoms with Crippen molar-refractivity contribution < 1.29 is 19.1 Å². The van der Waals surface area contributed by atoms with Crippen LogP contribution >= 0.6 is 0 Å². The number of rotatable bonds is 10. The second-order valence-corrected chi connectivity index (χ2v) is 7.11. The van der Waals surface area contributed by atoms with Crippen LogP contribution in [-0.4, -0.2) is 44.1 Å². The van der Waals surface area contributed by atoms with Crippen LogP contribution in [0.2, 0.25) is 0 Å². The second-order valence-electron chi connectivity index (χ2n) is 7.11. The lowest BCUT2D eigenvalue weighted by molar-refractivity contribution is -0.141. The molecule has 0 N–H and O–H groups in total. The lowest BCUT2D eigenvalue weighted by atomic mass is 9.74. The van der Waals surface area contributed by atoms with Gasteiger partial charge in [0.2, 0.25) is 11.7 Å². The van der Waals surface area contributed by atoms with Crippen molar-refractivity contribution in [1.29, 1.82) is 0 Å². The third-order valence-electron chi connectivity index (χ3n) is 4.95. The van der Waals surface area contributed by atoms with Crippen molar-refractivity contribution in [2.75, 3.05) is 27.3 Å². The number of aryl methyl sites for hydroxylation is 1. The largest absolute Gasteiger partial charge is 0.490 e. The third-order valence-corrected chi connectivity index (χ3v) is 4.95. The van der Waals surface area contributed by atoms with Gasteiger partial charge in [-0.15, -0.1) is 0 Å². The first-order valence-corrected chi connectivity index (χ1v) is 9.48. The number of nitrogens with zero attached hydrogens (tertiary/aromatic N) is 1. The minimum atomic E-state index is -0.575. The Morgan fingerprint density at radius 3 is 2.15 bits per heavy atom. The van der Waals surface area contributed by atoms with Gasteiger partial charge in [-0.25, -0.2) is 4.79 Å². The van der Waals surface area contributed by atoms with Gasteiger partial charge in [-0.2, -0.15) is 0 Å². The Labute approximate surface area is 163 Å². The van der Waals surface area contributed by atoms with E-state index in [4.69, 9.17) is 9.47 Å². The van der Waals surface area contributed by atoms with Crippen LogP contribution in [0.15, 0.2) is 42.2 Å². The van der Waals surface area contributed by atoms with E-state index >= 15 is 0 Å². The smallest absolute Gasteiger partial charge is 0.372 e. The fourth-order valence-corrected chi connectivity index (χ4v) is 3.27. The molecule has 27 heavy (non-hydrogen) atoms. The number of methoxy groups -OCH3 is 2. The Morgan fingerprint density at radius 2 is 1.67 bits per heavy atom. The normalized spacial score (nSPS) is 13.0. The molecule has 1 aromatic carbocycles. The fraction of sp³-hybridized carbons (Fsp3) is 0.545. The molecule has 0 aliphatic carbocycles. The molecule has 0 spiro atoms. The van der Waals surface area contributed by atoms with E-state index in [9.17, 15) is 9.59 Å². The van der Waals surface area contributed by atoms with Crippen LogP contribution in [0.5, 0.6) is 0 Å². The standard InChI is InChI=1S/C22H33NO4/c1-7-23(8-2)20(24)18(15-14-17-12-10-9-11-13-17)22(3,4)16-19(26-5)21(25)27-6/h9-13,16,18H,7-8,14-15H2,1-6H3/b19-16-. The molecule has 1 rings (SSSR count). The molecule has 0 aromatic heterocycles. The van der Waals surface area contributed by atoms with Gasteiger partial charge in [0, 0.05) is 19.0 Å². The predicted molar refractivity (Wildman–Crippen MR) is 107 cm³/mol. The monoisotopic (exact) mass is 375 g/mol. The highest BCUT2D eigenvalue weighted by Gasteiger charge is 2.36. The first-order valence-electron chi connectivity index (χ1n) is 9.48. The number of ether oxygens (including phenoxy) is 2. The van der Waals surface area contributed by atoms with Crippen molar-refractivity contribution >= 4 is 11.9 Å². The molecule has 0 fully saturated rings. The summed E-state index contributed by atoms with van der Waals surface area (Å²) in [5.74, 6) is -0.604. The number of allylic oxidation sites excluding steroid dienone is 1. The average molecular weight is 376 g/mol. The highest BCUT2D eigenvalue weighted by molar-refractivity contribution is 5.86. The molecular weight excluding hydrogens is 342 g/mol. The molecule has 0 heterocycles. The van der Waals surface area contributed by atoms with Gasteiger partial charge in [0.1, 0.15) is 0 Å². The van der Waals surface area contributed by atoms with Crippen LogP contribution < -0.4 is 0 Å². The van der Waals surface area contributed by atoms with Gasteiger partial charge < -0.3 is 14.4 Å². The van der Waals surface area contributed by atoms with Crippen molar-refractivity contribution in [3.05, 3.63) is 47.7 Å². The summed E-state index contributed by atoms with van der Waals surface area (Å²) >= 11 is 0. The SMILES string of the molecule is CCN(CC)C(=O)C(CCc1ccccc1)C(C)(C)/C=C(\OC)C(=O)OC. The van der Waals surface area contributed by atoms with Gasteiger partial charge in [-0.1, -0.05) is 44.2 Å². The van der Waals surface area contributed by atoms with Gasteiger partial charge in [-0.3, -0.25) is 4.79 Å². The zero-order chi connectivity index (χ0) is 20.4. The topological polar surface area (TPSA) is 55.8 Å². The molecule has 1 unspecified atom stereocenters. The van der Waals surface area contributed by atoms with Crippen LogP contribution in [0.25, 0.3) is 0 Å². The van der Waals surface area contributed by atoms with Gasteiger partial charge in [0.25, 0.3) is 0 Å². The van der Waals surface area contributed by atoms with E-state index in [1.807, 2.05) is 50.8 Å². The zero-order valence-corrected chi connectivity index (χ0v) is 17.5. The first-order chi connectivity index (χ1) is 12.8. The lowest BCUT2D eigenvalue weighted by Gasteiger charge is -2.35. The first kappa shape index (κ1) is 22.7. The van der Waals surface area contributed by atoms with Crippen LogP contribution in [0.3, 0.4) is 0 Å². The van der Waals surface area contributed by atoms with Crippen LogP contribution in [0.1, 0.15) is 39.7 Å². The summed E-state index contributed by atoms with van der Waals surface area (Å²) in [5, 5.41) is 0. The lowest BCUT2D eigenvalue weighted by Crippen LogP contribution is -2.42. The molecule has 0 saturated heterocycles. The minimum Gasteiger partial charge on any atom is -0.490 e. The van der Waals surface area contributed by atoms with E-state index in [0.29, 0.717) is 19.5 Å². The summed E-state index contributed by atoms with van der Waals surface area (Å²) in [6.45, 7) is 9.20. The molecule has 5 heteroatoms. The number of hydrogen-bond acceptors (Lipinski definition) is 4. The Kier molecular flexibility index (Phi) is 9.06. The molecule has 0 bridgehead atoms. The van der Waals surface area contributed by atoms with E-state index in [1.165, 1.54) is 19.8 Å². The van der Waals surface area contributed by atoms with Crippen LogP contribution in [0.4, 0.5) is 0 Å². The Morgan fingerprint density at radius 1 is 1.07 bits per heavy atom. The van der Waals surface area contributed by atoms with Gasteiger partial charge in [0.15, 0.2) is 0 Å². The molecule has 1 amide bonds. The third kappa shape index (κ3) is 6.42. The van der Waals surface area contributed by atoms with Gasteiger partial charge in [-0.05, 0) is 43.7 Å². The Hall–Kier alpha value is -2.30. The average Bonchev–Trinajstić information content (AvgIpc) is 2.67. The van der Waals surface area contributed by atoms with Crippen LogP contribution in [-0.2, 0) is 25.5 Å². The van der Waals surface area contributed by atoms with E-state index in [0.717, 1.165) is 6.42 Å². The molecule has 0 aliphatic rings. The number of benzene rings is 1. The van der Waals surface area contributed by atoms with E-state index in [1.54, 1.807) is 6.08 Å². The highest BCUT2D eigenvalue weighted by Crippen LogP contribution is 2.35. The quantitative estimate of drug-likeness (QED) is 0.354. The van der Waals surface area contributed by atoms with Crippen molar-refractivity contribution in [2.45, 2.75) is 40.5 Å². The second kappa shape index (κ2) is 10.8. The molecule has 1 atom stereocenters. The maximum Gasteiger partial charge on any atom is 0.372 e. The van der Waals surface area contributed by atoms with E-state index in [-0.39, 0.29) is 17.6 Å². The molecule has 1 aromatic rings. The minimum absolute atomic E-state index is 0.0949. The number of esters is 1. The Bertz CT molecular complexity index is 633. The number of carbonyl (C=O) groups is 2. The number of amides is 1. The number of carbonyl (C=O) groups excluding carboxylic acids is 2. The summed E-state index contributed by atoms with van der Waals surface area (Å²) in [5.41, 5.74) is 0.614. The van der Waals surface area contributed by atoms with Crippen molar-refractivity contribution in [3.63, 3.8) is 0 Å². The Balaban J connectivity index is 3.18. The molecule has 0 radical (unpaired) electrons. The summed E-state index contributed by atoms with van der Waals surface area (Å²) in [7, 11) is 2.75. The molecule has 0 saturated carbocycles. The maximum atomic E-state index is 13.2. The van der Waals surface area contributed by atoms with Crippen molar-refractivity contribution in [3.8, 4) is 0 Å². The summed E-state index contributed by atoms with van der Waals surface area (Å²) < 4.78 is 9.99. The molecule has 5 nitrogen and oxygen atoms in total. The highest BCUT2D eigenvalue weighted by atomic mass is 16.6. The number of hydrogen-bond donors (Lipinski definition) is 0. The van der Waals surface area contributed by atoms with Crippen LogP contribution in [0, 0.1) is 11.3 Å². The predicted octanol–water partition coefficient (Wildman–Crippen LogP) is 3.83. The van der Waals surface area contributed by atoms with E-state index < -0.39 is 11.4 Å². The molecule has 0 aliphatic heterocycles. The van der Waals surface area contributed by atoms with Crippen molar-refractivity contribution in [1.82, 2.24) is 4.90 Å². The van der Waals surface area contributed by atoms with Gasteiger partial charge >= 0.3 is 5.97 Å². The molecular formula is C22H33NO4. The maximum absolute atomic E-state index is 13.2. The van der Waals surface area contributed by atoms with Gasteiger partial charge in [0.05, 0.1) is 14.2 Å². The van der Waals surface area contributed by atoms with E-state index in [2.05, 4.69) is 12.1 Å². The molecule has 150 valence electrons. The zero-order valence-electron chi connectivity index (χ0n) is 17.5.